The van der Waals surface area contributed by atoms with Crippen LogP contribution in [0, 0.1) is 0 Å². The molecule has 96 valence electrons. The number of carbonyl (C=O) groups excluding carboxylic acids is 1. The van der Waals surface area contributed by atoms with Crippen LogP contribution >= 0.6 is 11.8 Å². The van der Waals surface area contributed by atoms with Crippen molar-refractivity contribution >= 4 is 24.0 Å². The first kappa shape index (κ1) is 13.1. The van der Waals surface area contributed by atoms with E-state index >= 15 is 0 Å². The number of aldehydes is 1. The molecule has 1 heterocycles. The lowest BCUT2D eigenvalue weighted by Crippen LogP contribution is -2.45. The lowest BCUT2D eigenvalue weighted by Gasteiger charge is -2.25. The number of aliphatic carboxylic acids is 1. The Morgan fingerprint density at radius 3 is 3.00 bits per heavy atom. The normalized spacial score (nSPS) is 22.9. The summed E-state index contributed by atoms with van der Waals surface area (Å²) in [6, 6.07) is 5.48. The van der Waals surface area contributed by atoms with Crippen LogP contribution in [0.15, 0.2) is 23.1 Å². The summed E-state index contributed by atoms with van der Waals surface area (Å²) >= 11 is 1.62. The Kier molecular flexibility index (Phi) is 3.73. The fourth-order valence-electron chi connectivity index (χ4n) is 2.16. The Balaban J connectivity index is 2.53. The van der Waals surface area contributed by atoms with Gasteiger partial charge in [-0.1, -0.05) is 12.1 Å². The van der Waals surface area contributed by atoms with Gasteiger partial charge in [-0.3, -0.25) is 0 Å². The molecule has 1 aliphatic heterocycles. The van der Waals surface area contributed by atoms with E-state index in [9.17, 15) is 14.7 Å². The number of carboxylic acid groups (broad SMARTS) is 1. The van der Waals surface area contributed by atoms with Gasteiger partial charge in [0.2, 0.25) is 0 Å². The van der Waals surface area contributed by atoms with Crippen LogP contribution in [-0.2, 0) is 21.5 Å². The molecule has 1 unspecified atom stereocenters. The molecule has 0 radical (unpaired) electrons. The van der Waals surface area contributed by atoms with Gasteiger partial charge < -0.3 is 15.6 Å². The topological polar surface area (TPSA) is 80.4 Å². The molecule has 3 N–H and O–H groups in total. The third-order valence-corrected chi connectivity index (χ3v) is 4.36. The van der Waals surface area contributed by atoms with Crippen molar-refractivity contribution in [3.05, 3.63) is 29.3 Å². The molecule has 0 aliphatic carbocycles. The fraction of sp³-hybridized carbons (Fsp3) is 0.385. The van der Waals surface area contributed by atoms with E-state index in [1.54, 1.807) is 17.8 Å². The molecule has 0 amide bonds. The van der Waals surface area contributed by atoms with E-state index < -0.39 is 11.5 Å². The highest BCUT2D eigenvalue weighted by molar-refractivity contribution is 7.99. The number of hydrogen-bond acceptors (Lipinski definition) is 4. The second-order valence-corrected chi connectivity index (χ2v) is 5.57. The summed E-state index contributed by atoms with van der Waals surface area (Å²) in [5.74, 6) is -0.138. The predicted octanol–water partition coefficient (Wildman–Crippen LogP) is 1.55. The van der Waals surface area contributed by atoms with Crippen LogP contribution in [0.5, 0.6) is 0 Å². The lowest BCUT2D eigenvalue weighted by atomic mass is 9.85. The molecule has 0 saturated carbocycles. The molecule has 0 bridgehead atoms. The average Bonchev–Trinajstić information content (AvgIpc) is 2.51. The number of hydrogen-bond donors (Lipinski definition) is 2. The van der Waals surface area contributed by atoms with Crippen LogP contribution in [0.2, 0.25) is 0 Å². The van der Waals surface area contributed by atoms with Gasteiger partial charge in [0.1, 0.15) is 11.8 Å². The minimum absolute atomic E-state index is 0.285. The highest BCUT2D eigenvalue weighted by atomic mass is 32.2. The van der Waals surface area contributed by atoms with Crippen LogP contribution in [-0.4, -0.2) is 23.1 Å². The van der Waals surface area contributed by atoms with Crippen LogP contribution < -0.4 is 5.73 Å². The molecule has 18 heavy (non-hydrogen) atoms. The minimum atomic E-state index is -1.34. The Morgan fingerprint density at radius 1 is 1.56 bits per heavy atom. The van der Waals surface area contributed by atoms with E-state index in [2.05, 4.69) is 0 Å². The molecule has 0 spiro atoms. The van der Waals surface area contributed by atoms with Crippen molar-refractivity contribution in [3.8, 4) is 0 Å². The van der Waals surface area contributed by atoms with Gasteiger partial charge in [0.05, 0.1) is 0 Å². The zero-order valence-electron chi connectivity index (χ0n) is 9.89. The summed E-state index contributed by atoms with van der Waals surface area (Å²) in [5, 5.41) is 9.39. The summed E-state index contributed by atoms with van der Waals surface area (Å²) in [6.07, 6.45) is 2.29. The Bertz CT molecular complexity index is 489. The van der Waals surface area contributed by atoms with Crippen LogP contribution in [0.25, 0.3) is 0 Å². The van der Waals surface area contributed by atoms with Crippen LogP contribution in [0.1, 0.15) is 24.0 Å². The Labute approximate surface area is 110 Å². The van der Waals surface area contributed by atoms with Gasteiger partial charge in [-0.2, -0.15) is 0 Å². The van der Waals surface area contributed by atoms with Crippen molar-refractivity contribution in [2.75, 3.05) is 5.75 Å². The highest BCUT2D eigenvalue weighted by Crippen LogP contribution is 2.38. The highest BCUT2D eigenvalue weighted by Gasteiger charge is 2.39. The summed E-state index contributed by atoms with van der Waals surface area (Å²) in [4.78, 5) is 22.9. The maximum atomic E-state index is 11.5. The second-order valence-electron chi connectivity index (χ2n) is 4.43. The van der Waals surface area contributed by atoms with Crippen molar-refractivity contribution in [2.45, 2.75) is 29.7 Å². The average molecular weight is 265 g/mol. The summed E-state index contributed by atoms with van der Waals surface area (Å²) in [5.41, 5.74) is 6.19. The summed E-state index contributed by atoms with van der Waals surface area (Å²) < 4.78 is 0. The lowest BCUT2D eigenvalue weighted by molar-refractivity contribution is -0.144. The molecule has 5 heteroatoms. The van der Waals surface area contributed by atoms with Crippen LogP contribution in [0.4, 0.5) is 0 Å². The smallest absolute Gasteiger partial charge is 0.328 e. The molecule has 1 atom stereocenters. The zero-order chi connectivity index (χ0) is 13.2. The Hall–Kier alpha value is -1.33. The van der Waals surface area contributed by atoms with Crippen molar-refractivity contribution < 1.29 is 14.7 Å². The van der Waals surface area contributed by atoms with Crippen molar-refractivity contribution in [1.82, 2.24) is 0 Å². The van der Waals surface area contributed by atoms with Gasteiger partial charge in [-0.05, 0) is 35.8 Å². The number of fused-ring (bicyclic) bond motifs is 1. The monoisotopic (exact) mass is 265 g/mol. The van der Waals surface area contributed by atoms with Gasteiger partial charge >= 0.3 is 5.97 Å². The molecular formula is C13H15NO3S. The maximum absolute atomic E-state index is 11.5. The van der Waals surface area contributed by atoms with Crippen LogP contribution in [0.3, 0.4) is 0 Å². The number of benzene rings is 1. The third kappa shape index (κ3) is 2.28. The van der Waals surface area contributed by atoms with E-state index in [-0.39, 0.29) is 6.42 Å². The number of thioether (sulfide) groups is 1. The van der Waals surface area contributed by atoms with Crippen molar-refractivity contribution in [2.24, 2.45) is 5.73 Å². The molecule has 4 nitrogen and oxygen atoms in total. The Morgan fingerprint density at radius 2 is 2.33 bits per heavy atom. The van der Waals surface area contributed by atoms with E-state index in [1.807, 2.05) is 12.1 Å². The largest absolute Gasteiger partial charge is 0.480 e. The number of carbonyl (C=O) groups is 2. The van der Waals surface area contributed by atoms with E-state index in [0.29, 0.717) is 12.0 Å². The molecular weight excluding hydrogens is 250 g/mol. The van der Waals surface area contributed by atoms with Gasteiger partial charge in [0.25, 0.3) is 0 Å². The third-order valence-electron chi connectivity index (χ3n) is 3.20. The fourth-order valence-corrected chi connectivity index (χ4v) is 3.23. The number of carboxylic acids is 1. The minimum Gasteiger partial charge on any atom is -0.480 e. The predicted molar refractivity (Wildman–Crippen MR) is 69.7 cm³/mol. The molecule has 0 fully saturated rings. The van der Waals surface area contributed by atoms with E-state index in [0.717, 1.165) is 28.9 Å². The molecule has 0 aromatic heterocycles. The van der Waals surface area contributed by atoms with Crippen molar-refractivity contribution in [3.63, 3.8) is 0 Å². The summed E-state index contributed by atoms with van der Waals surface area (Å²) in [7, 11) is 0. The first-order chi connectivity index (χ1) is 8.58. The second kappa shape index (κ2) is 5.12. The van der Waals surface area contributed by atoms with Crippen molar-refractivity contribution in [1.29, 1.82) is 0 Å². The quantitative estimate of drug-likeness (QED) is 0.810. The molecule has 2 rings (SSSR count). The van der Waals surface area contributed by atoms with Gasteiger partial charge in [-0.15, -0.1) is 11.8 Å². The number of nitrogens with two attached hydrogens (primary N) is 1. The van der Waals surface area contributed by atoms with E-state index in [4.69, 9.17) is 5.73 Å². The maximum Gasteiger partial charge on any atom is 0.328 e. The molecule has 1 aliphatic rings. The van der Waals surface area contributed by atoms with Gasteiger partial charge in [0, 0.05) is 11.3 Å². The number of rotatable bonds is 3. The van der Waals surface area contributed by atoms with Gasteiger partial charge in [-0.25, -0.2) is 4.79 Å². The molecule has 1 aromatic carbocycles. The zero-order valence-corrected chi connectivity index (χ0v) is 10.7. The first-order valence-corrected chi connectivity index (χ1v) is 6.78. The van der Waals surface area contributed by atoms with E-state index in [1.165, 1.54) is 0 Å². The SMILES string of the molecule is NC1(C(=O)O)CCCSc2ccc(CC=O)cc21. The molecule has 1 aromatic rings. The standard InChI is InChI=1S/C13H15NO3S/c14-13(12(16)17)5-1-7-18-11-3-2-9(4-6-15)8-10(11)13/h2-3,6,8H,1,4-5,7,14H2,(H,16,17). The first-order valence-electron chi connectivity index (χ1n) is 5.80. The summed E-state index contributed by atoms with van der Waals surface area (Å²) in [6.45, 7) is 0. The molecule has 0 saturated heterocycles. The van der Waals surface area contributed by atoms with Gasteiger partial charge in [0.15, 0.2) is 0 Å².